The molecule has 1 aliphatic rings. The number of nitrogens with zero attached hydrogens (tertiary/aromatic N) is 1. The van der Waals surface area contributed by atoms with Gasteiger partial charge >= 0.3 is 0 Å². The predicted octanol–water partition coefficient (Wildman–Crippen LogP) is 1.73. The molecule has 0 radical (unpaired) electrons. The number of benzene rings is 1. The number of aliphatic hydroxyl groups excluding tert-OH is 1. The Morgan fingerprint density at radius 2 is 2.19 bits per heavy atom. The third-order valence-corrected chi connectivity index (χ3v) is 4.68. The summed E-state index contributed by atoms with van der Waals surface area (Å²) in [5, 5.41) is 9.63. The molecule has 1 aromatic rings. The molecule has 1 unspecified atom stereocenters. The van der Waals surface area contributed by atoms with Crippen molar-refractivity contribution in [2.45, 2.75) is 30.3 Å². The van der Waals surface area contributed by atoms with E-state index in [1.807, 2.05) is 0 Å². The summed E-state index contributed by atoms with van der Waals surface area (Å²) in [5.74, 6) is 0.422. The van der Waals surface area contributed by atoms with Crippen LogP contribution in [0.15, 0.2) is 23.1 Å². The first-order chi connectivity index (χ1) is 10.1. The van der Waals surface area contributed by atoms with Crippen LogP contribution in [0, 0.1) is 0 Å². The molecule has 1 aromatic carbocycles. The van der Waals surface area contributed by atoms with Crippen molar-refractivity contribution in [2.75, 3.05) is 33.1 Å². The highest BCUT2D eigenvalue weighted by Crippen LogP contribution is 2.27. The van der Waals surface area contributed by atoms with E-state index in [1.165, 1.54) is 31.1 Å². The molecule has 1 N–H and O–H groups in total. The van der Waals surface area contributed by atoms with Crippen molar-refractivity contribution in [1.82, 2.24) is 4.90 Å². The average molecular weight is 309 g/mol. The van der Waals surface area contributed by atoms with E-state index < -0.39 is 6.10 Å². The number of fused-ring (bicyclic) bond motifs is 1. The van der Waals surface area contributed by atoms with Crippen LogP contribution in [0.3, 0.4) is 0 Å². The van der Waals surface area contributed by atoms with Crippen LogP contribution >= 0.6 is 11.8 Å². The Morgan fingerprint density at radius 1 is 1.43 bits per heavy atom. The lowest BCUT2D eigenvalue weighted by molar-refractivity contribution is -0.128. The zero-order valence-corrected chi connectivity index (χ0v) is 13.5. The molecule has 4 nitrogen and oxygen atoms in total. The lowest BCUT2D eigenvalue weighted by Crippen LogP contribution is -2.37. The molecule has 5 heteroatoms. The van der Waals surface area contributed by atoms with Gasteiger partial charge in [-0.2, -0.15) is 0 Å². The smallest absolute Gasteiger partial charge is 0.232 e. The Bertz CT molecular complexity index is 492. The van der Waals surface area contributed by atoms with Crippen LogP contribution in [0.2, 0.25) is 0 Å². The zero-order chi connectivity index (χ0) is 15.2. The van der Waals surface area contributed by atoms with E-state index in [4.69, 9.17) is 4.74 Å². The van der Waals surface area contributed by atoms with E-state index >= 15 is 0 Å². The van der Waals surface area contributed by atoms with Gasteiger partial charge in [-0.1, -0.05) is 6.07 Å². The fourth-order valence-corrected chi connectivity index (χ4v) is 3.46. The Labute approximate surface area is 130 Å². The summed E-state index contributed by atoms with van der Waals surface area (Å²) in [6, 6.07) is 6.49. The topological polar surface area (TPSA) is 49.8 Å². The Morgan fingerprint density at radius 3 is 2.95 bits per heavy atom. The minimum absolute atomic E-state index is 0.0238. The molecule has 0 fully saturated rings. The maximum atomic E-state index is 12.0. The Kier molecular flexibility index (Phi) is 6.08. The van der Waals surface area contributed by atoms with E-state index in [9.17, 15) is 9.90 Å². The van der Waals surface area contributed by atoms with Crippen LogP contribution in [0.5, 0.6) is 0 Å². The first kappa shape index (κ1) is 16.3. The number of carbonyl (C=O) groups excluding carboxylic acids is 1. The third-order valence-electron chi connectivity index (χ3n) is 3.70. The summed E-state index contributed by atoms with van der Waals surface area (Å²) in [6.07, 6.45) is 2.94. The molecule has 0 heterocycles. The Balaban J connectivity index is 1.80. The van der Waals surface area contributed by atoms with Gasteiger partial charge in [-0.15, -0.1) is 11.8 Å². The molecule has 0 bridgehead atoms. The minimum Gasteiger partial charge on any atom is -0.389 e. The fourth-order valence-electron chi connectivity index (χ4n) is 2.56. The van der Waals surface area contributed by atoms with Gasteiger partial charge in [0.1, 0.15) is 0 Å². The second-order valence-electron chi connectivity index (χ2n) is 5.46. The number of ether oxygens (including phenoxy) is 1. The summed E-state index contributed by atoms with van der Waals surface area (Å²) in [5.41, 5.74) is 2.88. The fraction of sp³-hybridized carbons (Fsp3) is 0.562. The first-order valence-corrected chi connectivity index (χ1v) is 8.24. The van der Waals surface area contributed by atoms with E-state index in [0.717, 1.165) is 11.3 Å². The lowest BCUT2D eigenvalue weighted by Gasteiger charge is -2.20. The van der Waals surface area contributed by atoms with Crippen LogP contribution in [0.4, 0.5) is 0 Å². The highest BCUT2D eigenvalue weighted by molar-refractivity contribution is 8.00. The monoisotopic (exact) mass is 309 g/mol. The van der Waals surface area contributed by atoms with Gasteiger partial charge < -0.3 is 14.7 Å². The maximum Gasteiger partial charge on any atom is 0.232 e. The number of likely N-dealkylation sites (N-methyl/N-ethyl adjacent to an activating group) is 1. The summed E-state index contributed by atoms with van der Waals surface area (Å²) in [4.78, 5) is 14.8. The van der Waals surface area contributed by atoms with Gasteiger partial charge in [0, 0.05) is 25.6 Å². The molecule has 0 saturated heterocycles. The van der Waals surface area contributed by atoms with Gasteiger partial charge in [0.15, 0.2) is 0 Å². The molecular formula is C16H23NO3S. The molecule has 0 saturated carbocycles. The summed E-state index contributed by atoms with van der Waals surface area (Å²) >= 11 is 1.56. The summed E-state index contributed by atoms with van der Waals surface area (Å²) in [7, 11) is 3.25. The SMILES string of the molecule is COCC(O)CN(C)C(=O)CSc1ccc2c(c1)CCC2. The number of thioether (sulfide) groups is 1. The normalized spacial score (nSPS) is 14.8. The summed E-state index contributed by atoms with van der Waals surface area (Å²) < 4.78 is 4.86. The van der Waals surface area contributed by atoms with Crippen molar-refractivity contribution in [3.63, 3.8) is 0 Å². The van der Waals surface area contributed by atoms with Crippen LogP contribution in [0.1, 0.15) is 17.5 Å². The van der Waals surface area contributed by atoms with Gasteiger partial charge in [-0.25, -0.2) is 0 Å². The van der Waals surface area contributed by atoms with Crippen LogP contribution in [-0.2, 0) is 22.4 Å². The van der Waals surface area contributed by atoms with Crippen molar-refractivity contribution in [3.8, 4) is 0 Å². The van der Waals surface area contributed by atoms with Crippen molar-refractivity contribution in [1.29, 1.82) is 0 Å². The zero-order valence-electron chi connectivity index (χ0n) is 12.7. The Hall–Kier alpha value is -1.04. The molecular weight excluding hydrogens is 286 g/mol. The van der Waals surface area contributed by atoms with Crippen LogP contribution in [-0.4, -0.2) is 55.1 Å². The van der Waals surface area contributed by atoms with E-state index in [1.54, 1.807) is 23.7 Å². The van der Waals surface area contributed by atoms with Gasteiger partial charge in [-0.3, -0.25) is 4.79 Å². The molecule has 21 heavy (non-hydrogen) atoms. The number of hydrogen-bond donors (Lipinski definition) is 1. The number of rotatable bonds is 7. The van der Waals surface area contributed by atoms with E-state index in [-0.39, 0.29) is 12.5 Å². The molecule has 1 amide bonds. The number of aryl methyl sites for hydroxylation is 2. The molecule has 1 atom stereocenters. The standard InChI is InChI=1S/C16H23NO3S/c1-17(9-14(18)10-20-2)16(19)11-21-15-7-6-12-4-3-5-13(12)8-15/h6-8,14,18H,3-5,9-11H2,1-2H3. The van der Waals surface area contributed by atoms with Gasteiger partial charge in [-0.05, 0) is 42.5 Å². The maximum absolute atomic E-state index is 12.0. The molecule has 1 aliphatic carbocycles. The summed E-state index contributed by atoms with van der Waals surface area (Å²) in [6.45, 7) is 0.549. The van der Waals surface area contributed by atoms with Crippen molar-refractivity contribution in [3.05, 3.63) is 29.3 Å². The molecule has 0 aromatic heterocycles. The highest BCUT2D eigenvalue weighted by atomic mass is 32.2. The minimum atomic E-state index is -0.631. The predicted molar refractivity (Wildman–Crippen MR) is 84.7 cm³/mol. The highest BCUT2D eigenvalue weighted by Gasteiger charge is 2.15. The number of methoxy groups -OCH3 is 1. The van der Waals surface area contributed by atoms with Gasteiger partial charge in [0.25, 0.3) is 0 Å². The van der Waals surface area contributed by atoms with Crippen LogP contribution in [0.25, 0.3) is 0 Å². The van der Waals surface area contributed by atoms with Crippen molar-refractivity contribution >= 4 is 17.7 Å². The average Bonchev–Trinajstić information content (AvgIpc) is 2.92. The molecule has 0 spiro atoms. The second-order valence-corrected chi connectivity index (χ2v) is 6.50. The number of amides is 1. The number of hydrogen-bond acceptors (Lipinski definition) is 4. The van der Waals surface area contributed by atoms with Crippen molar-refractivity contribution < 1.29 is 14.6 Å². The van der Waals surface area contributed by atoms with Crippen LogP contribution < -0.4 is 0 Å². The molecule has 116 valence electrons. The number of aliphatic hydroxyl groups is 1. The first-order valence-electron chi connectivity index (χ1n) is 7.25. The lowest BCUT2D eigenvalue weighted by atomic mass is 10.1. The number of carbonyl (C=O) groups is 1. The van der Waals surface area contributed by atoms with Gasteiger partial charge in [0.05, 0.1) is 18.5 Å². The third kappa shape index (κ3) is 4.73. The van der Waals surface area contributed by atoms with Crippen molar-refractivity contribution in [2.24, 2.45) is 0 Å². The quantitative estimate of drug-likeness (QED) is 0.780. The molecule has 0 aliphatic heterocycles. The van der Waals surface area contributed by atoms with E-state index in [2.05, 4.69) is 18.2 Å². The second kappa shape index (κ2) is 7.82. The van der Waals surface area contributed by atoms with E-state index in [0.29, 0.717) is 12.3 Å². The van der Waals surface area contributed by atoms with Gasteiger partial charge in [0.2, 0.25) is 5.91 Å². The molecule has 2 rings (SSSR count). The largest absolute Gasteiger partial charge is 0.389 e.